The third-order valence-corrected chi connectivity index (χ3v) is 3.65. The van der Waals surface area contributed by atoms with Gasteiger partial charge in [-0.25, -0.2) is 21.9 Å². The first-order chi connectivity index (χ1) is 8.95. The first kappa shape index (κ1) is 19.0. The molecule has 2 N–H and O–H groups in total. The minimum absolute atomic E-state index is 0. The second-order valence-electron chi connectivity index (χ2n) is 3.67. The molecule has 20 heavy (non-hydrogen) atoms. The van der Waals surface area contributed by atoms with Gasteiger partial charge in [-0.3, -0.25) is 0 Å². The molecule has 0 radical (unpaired) electrons. The zero-order chi connectivity index (χ0) is 14.3. The van der Waals surface area contributed by atoms with Gasteiger partial charge in [0.15, 0.2) is 0 Å². The van der Waals surface area contributed by atoms with Crippen molar-refractivity contribution in [2.24, 2.45) is 0 Å². The number of rotatable bonds is 8. The highest BCUT2D eigenvalue weighted by atomic mass is 35.5. The molecule has 0 saturated carbocycles. The van der Waals surface area contributed by atoms with Crippen molar-refractivity contribution >= 4 is 22.4 Å². The third-order valence-electron chi connectivity index (χ3n) is 2.18. The zero-order valence-corrected chi connectivity index (χ0v) is 12.4. The number of hydrogen-bond donors (Lipinski definition) is 2. The van der Waals surface area contributed by atoms with Crippen LogP contribution in [-0.2, 0) is 10.0 Å². The van der Waals surface area contributed by atoms with E-state index in [1.165, 1.54) is 24.3 Å². The molecule has 0 aliphatic rings. The van der Waals surface area contributed by atoms with Crippen LogP contribution in [0.25, 0.3) is 0 Å². The largest absolute Gasteiger partial charge is 0.488 e. The number of sulfonamides is 1. The van der Waals surface area contributed by atoms with Gasteiger partial charge in [0, 0.05) is 13.1 Å². The average molecular weight is 331 g/mol. The van der Waals surface area contributed by atoms with Crippen molar-refractivity contribution in [2.75, 3.05) is 26.7 Å². The normalized spacial score (nSPS) is 11.2. The second-order valence-corrected chi connectivity index (χ2v) is 5.44. The molecule has 0 spiro atoms. The molecule has 0 unspecified atom stereocenters. The number of alkyl halides is 2. The lowest BCUT2D eigenvalue weighted by molar-refractivity contribution is 0.0819. The highest BCUT2D eigenvalue weighted by Crippen LogP contribution is 2.16. The average Bonchev–Trinajstić information content (AvgIpc) is 2.37. The van der Waals surface area contributed by atoms with Crippen molar-refractivity contribution in [1.29, 1.82) is 0 Å². The SMILES string of the molecule is CNCCNS(=O)(=O)c1ccc(OCC(F)F)cc1.Cl. The molecule has 1 rings (SSSR count). The molecular weight excluding hydrogens is 314 g/mol. The third kappa shape index (κ3) is 6.47. The molecule has 0 aromatic heterocycles. The minimum Gasteiger partial charge on any atom is -0.488 e. The molecule has 0 aliphatic heterocycles. The predicted molar refractivity (Wildman–Crippen MR) is 74.3 cm³/mol. The lowest BCUT2D eigenvalue weighted by Gasteiger charge is -2.08. The fourth-order valence-corrected chi connectivity index (χ4v) is 2.30. The van der Waals surface area contributed by atoms with Crippen LogP contribution >= 0.6 is 12.4 Å². The van der Waals surface area contributed by atoms with Crippen molar-refractivity contribution in [1.82, 2.24) is 10.0 Å². The maximum Gasteiger partial charge on any atom is 0.272 e. The number of hydrogen-bond acceptors (Lipinski definition) is 4. The Hall–Kier alpha value is -0.960. The van der Waals surface area contributed by atoms with Crippen molar-refractivity contribution in [3.63, 3.8) is 0 Å². The molecule has 0 bridgehead atoms. The van der Waals surface area contributed by atoms with Gasteiger partial charge in [-0.05, 0) is 31.3 Å². The summed E-state index contributed by atoms with van der Waals surface area (Å²) in [5.74, 6) is 0.203. The molecule has 116 valence electrons. The Labute approximate surface area is 123 Å². The van der Waals surface area contributed by atoms with Crippen molar-refractivity contribution in [3.05, 3.63) is 24.3 Å². The molecule has 1 aromatic rings. The van der Waals surface area contributed by atoms with Crippen LogP contribution in [0.2, 0.25) is 0 Å². The van der Waals surface area contributed by atoms with Crippen LogP contribution in [0.5, 0.6) is 5.75 Å². The van der Waals surface area contributed by atoms with Gasteiger partial charge >= 0.3 is 0 Å². The van der Waals surface area contributed by atoms with E-state index in [2.05, 4.69) is 10.0 Å². The number of benzene rings is 1. The van der Waals surface area contributed by atoms with E-state index in [9.17, 15) is 17.2 Å². The summed E-state index contributed by atoms with van der Waals surface area (Å²) in [5, 5.41) is 2.81. The summed E-state index contributed by atoms with van der Waals surface area (Å²) in [6, 6.07) is 5.30. The predicted octanol–water partition coefficient (Wildman–Crippen LogP) is 1.25. The summed E-state index contributed by atoms with van der Waals surface area (Å²) in [6.45, 7) is 0.0593. The molecular formula is C11H17ClF2N2O3S. The van der Waals surface area contributed by atoms with Crippen LogP contribution in [0.15, 0.2) is 29.2 Å². The fraction of sp³-hybridized carbons (Fsp3) is 0.455. The lowest BCUT2D eigenvalue weighted by Crippen LogP contribution is -2.30. The van der Waals surface area contributed by atoms with E-state index in [1.807, 2.05) is 0 Å². The quantitative estimate of drug-likeness (QED) is 0.704. The summed E-state index contributed by atoms with van der Waals surface area (Å²) in [4.78, 5) is 0.0630. The Morgan fingerprint density at radius 1 is 1.20 bits per heavy atom. The van der Waals surface area contributed by atoms with Crippen LogP contribution in [-0.4, -0.2) is 41.6 Å². The lowest BCUT2D eigenvalue weighted by atomic mass is 10.3. The Kier molecular flexibility index (Phi) is 8.63. The Morgan fingerprint density at radius 3 is 2.30 bits per heavy atom. The van der Waals surface area contributed by atoms with Gasteiger partial charge in [-0.1, -0.05) is 0 Å². The zero-order valence-electron chi connectivity index (χ0n) is 10.8. The highest BCUT2D eigenvalue weighted by molar-refractivity contribution is 7.89. The van der Waals surface area contributed by atoms with Gasteiger partial charge in [0.25, 0.3) is 6.43 Å². The number of ether oxygens (including phenoxy) is 1. The summed E-state index contributed by atoms with van der Waals surface area (Å²) < 4.78 is 54.6. The topological polar surface area (TPSA) is 67.4 Å². The van der Waals surface area contributed by atoms with Gasteiger partial charge in [-0.2, -0.15) is 0 Å². The maximum absolute atomic E-state index is 11.9. The molecule has 0 heterocycles. The van der Waals surface area contributed by atoms with Gasteiger partial charge in [0.05, 0.1) is 4.90 Å². The Bertz CT molecular complexity index is 483. The highest BCUT2D eigenvalue weighted by Gasteiger charge is 2.13. The Morgan fingerprint density at radius 2 is 1.80 bits per heavy atom. The number of nitrogens with one attached hydrogen (secondary N) is 2. The first-order valence-corrected chi connectivity index (χ1v) is 7.09. The second kappa shape index (κ2) is 9.06. The van der Waals surface area contributed by atoms with Crippen LogP contribution in [0.1, 0.15) is 0 Å². The maximum atomic E-state index is 11.9. The molecule has 5 nitrogen and oxygen atoms in total. The molecule has 0 atom stereocenters. The summed E-state index contributed by atoms with van der Waals surface area (Å²) >= 11 is 0. The standard InChI is InChI=1S/C11H16F2N2O3S.ClH/c1-14-6-7-15-19(16,17)10-4-2-9(3-5-10)18-8-11(12)13;/h2-5,11,14-15H,6-8H2,1H3;1H. The van der Waals surface area contributed by atoms with E-state index in [1.54, 1.807) is 7.05 Å². The monoisotopic (exact) mass is 330 g/mol. The van der Waals surface area contributed by atoms with E-state index < -0.39 is 23.1 Å². The van der Waals surface area contributed by atoms with E-state index in [-0.39, 0.29) is 29.6 Å². The molecule has 0 aliphatic carbocycles. The smallest absolute Gasteiger partial charge is 0.272 e. The van der Waals surface area contributed by atoms with E-state index in [0.29, 0.717) is 6.54 Å². The van der Waals surface area contributed by atoms with Crippen LogP contribution in [0.3, 0.4) is 0 Å². The van der Waals surface area contributed by atoms with E-state index in [0.717, 1.165) is 0 Å². The van der Waals surface area contributed by atoms with Gasteiger partial charge < -0.3 is 10.1 Å². The summed E-state index contributed by atoms with van der Waals surface area (Å²) in [5.41, 5.74) is 0. The summed E-state index contributed by atoms with van der Waals surface area (Å²) in [7, 11) is -1.86. The number of halogens is 3. The van der Waals surface area contributed by atoms with Gasteiger partial charge in [0.2, 0.25) is 10.0 Å². The van der Waals surface area contributed by atoms with Crippen LogP contribution in [0, 0.1) is 0 Å². The summed E-state index contributed by atoms with van der Waals surface area (Å²) in [6.07, 6.45) is -2.56. The van der Waals surface area contributed by atoms with Crippen LogP contribution < -0.4 is 14.8 Å². The van der Waals surface area contributed by atoms with Crippen molar-refractivity contribution in [3.8, 4) is 5.75 Å². The van der Waals surface area contributed by atoms with Crippen molar-refractivity contribution < 1.29 is 21.9 Å². The van der Waals surface area contributed by atoms with Crippen molar-refractivity contribution in [2.45, 2.75) is 11.3 Å². The van der Waals surface area contributed by atoms with Gasteiger partial charge in [0.1, 0.15) is 12.4 Å². The fourth-order valence-electron chi connectivity index (χ4n) is 1.27. The van der Waals surface area contributed by atoms with E-state index >= 15 is 0 Å². The molecule has 0 saturated heterocycles. The van der Waals surface area contributed by atoms with Crippen LogP contribution in [0.4, 0.5) is 8.78 Å². The first-order valence-electron chi connectivity index (χ1n) is 5.61. The van der Waals surface area contributed by atoms with Gasteiger partial charge in [-0.15, -0.1) is 12.4 Å². The molecule has 0 amide bonds. The van der Waals surface area contributed by atoms with E-state index in [4.69, 9.17) is 4.74 Å². The molecule has 0 fully saturated rings. The molecule has 9 heteroatoms. The Balaban J connectivity index is 0.00000361. The molecule has 1 aromatic carbocycles. The minimum atomic E-state index is -3.57. The number of likely N-dealkylation sites (N-methyl/N-ethyl adjacent to an activating group) is 1.